The lowest BCUT2D eigenvalue weighted by molar-refractivity contribution is -0.199. The van der Waals surface area contributed by atoms with Gasteiger partial charge in [0, 0.05) is 13.0 Å². The van der Waals surface area contributed by atoms with Crippen LogP contribution in [0.2, 0.25) is 0 Å². The molecule has 17 heteroatoms. The lowest BCUT2D eigenvalue weighted by atomic mass is 9.43. The summed E-state index contributed by atoms with van der Waals surface area (Å²) in [6.07, 6.45) is 13.7. The number of amides is 5. The summed E-state index contributed by atoms with van der Waals surface area (Å²) in [6.45, 7) is 15.8. The van der Waals surface area contributed by atoms with Crippen LogP contribution in [0.15, 0.2) is 0 Å². The van der Waals surface area contributed by atoms with E-state index in [1.54, 1.807) is 0 Å². The molecule has 4 fully saturated rings. The van der Waals surface area contributed by atoms with Crippen molar-refractivity contribution in [2.24, 2.45) is 28.7 Å². The van der Waals surface area contributed by atoms with E-state index < -0.39 is 72.6 Å². The zero-order valence-corrected chi connectivity index (χ0v) is 39.5. The predicted octanol–water partition coefficient (Wildman–Crippen LogP) is 2.82. The fraction of sp³-hybridized carbons (Fsp3) is 0.889. The Morgan fingerprint density at radius 1 is 0.726 bits per heavy atom. The van der Waals surface area contributed by atoms with Crippen LogP contribution in [-0.2, 0) is 33.3 Å². The molecule has 10 atom stereocenters. The first-order chi connectivity index (χ1) is 29.4. The number of carbonyl (C=O) groups is 5. The minimum atomic E-state index is -1.43. The van der Waals surface area contributed by atoms with Crippen LogP contribution in [0.3, 0.4) is 0 Å². The number of aliphatic hydroxyl groups excluding tert-OH is 1. The van der Waals surface area contributed by atoms with Gasteiger partial charge in [-0.25, -0.2) is 0 Å². The second-order valence-electron chi connectivity index (χ2n) is 19.4. The Morgan fingerprint density at radius 3 is 1.89 bits per heavy atom. The normalized spacial score (nSPS) is 24.1. The van der Waals surface area contributed by atoms with Crippen molar-refractivity contribution < 1.29 is 38.4 Å². The highest BCUT2D eigenvalue weighted by Crippen LogP contribution is 2.65. The van der Waals surface area contributed by atoms with Gasteiger partial charge in [0.2, 0.25) is 29.5 Å². The Bertz CT molecular complexity index is 1430. The molecule has 1 aliphatic heterocycles. The third-order valence-corrected chi connectivity index (χ3v) is 13.9. The Balaban J connectivity index is 1.53. The van der Waals surface area contributed by atoms with E-state index in [0.717, 1.165) is 32.2 Å². The number of nitrogens with two attached hydrogens (primary N) is 2. The molecule has 3 saturated carbocycles. The Hall–Kier alpha value is -2.83. The van der Waals surface area contributed by atoms with E-state index in [1.807, 2.05) is 14.0 Å². The van der Waals surface area contributed by atoms with Gasteiger partial charge in [-0.2, -0.15) is 0 Å². The standard InChI is InChI=1S/C45H85BN8O8/c1-9-10-11-12-13-14-15-20-26-54(8)27-23-38(56)51-34(21-16-18-24-47)42(59)53-39(31(3)55)43(60)49-30(2)40(57)52-35(22-17-19-25-48)41(58)50-32(4)46-61-37-29-33-28-36(44(33,5)6)45(37,7)62-46/h30-37,39,55H,9-29,47-48H2,1-8H3,(H,49,60)(H,50,58)(H,51,56)(H,52,57)(H,53,59)/t30-,31+,32-,33-,34-,35-,36-,37+,39-,45-/m0/s1. The molecule has 4 aliphatic rings. The van der Waals surface area contributed by atoms with Crippen molar-refractivity contribution in [2.45, 2.75) is 206 Å². The van der Waals surface area contributed by atoms with Crippen molar-refractivity contribution in [1.82, 2.24) is 31.5 Å². The second kappa shape index (κ2) is 26.2. The fourth-order valence-corrected chi connectivity index (χ4v) is 9.54. The number of nitrogens with zero attached hydrogens (tertiary/aromatic N) is 1. The highest BCUT2D eigenvalue weighted by molar-refractivity contribution is 6.47. The summed E-state index contributed by atoms with van der Waals surface area (Å²) in [4.78, 5) is 69.5. The molecule has 1 heterocycles. The summed E-state index contributed by atoms with van der Waals surface area (Å²) >= 11 is 0. The molecule has 0 aromatic carbocycles. The van der Waals surface area contributed by atoms with Gasteiger partial charge in [0.25, 0.3) is 0 Å². The average molecular weight is 877 g/mol. The minimum Gasteiger partial charge on any atom is -0.404 e. The molecule has 0 aromatic heterocycles. The maximum atomic E-state index is 13.7. The van der Waals surface area contributed by atoms with E-state index in [2.05, 4.69) is 59.2 Å². The number of nitrogens with one attached hydrogen (secondary N) is 5. The van der Waals surface area contributed by atoms with Crippen LogP contribution in [0, 0.1) is 17.3 Å². The van der Waals surface area contributed by atoms with Crippen LogP contribution in [0.25, 0.3) is 0 Å². The topological polar surface area (TPSA) is 239 Å². The molecular formula is C45H85BN8O8. The quantitative estimate of drug-likeness (QED) is 0.0372. The molecular weight excluding hydrogens is 791 g/mol. The smallest absolute Gasteiger partial charge is 0.404 e. The molecule has 0 spiro atoms. The van der Waals surface area contributed by atoms with Gasteiger partial charge >= 0.3 is 7.12 Å². The molecule has 1 saturated heterocycles. The Kier molecular flexibility index (Phi) is 22.6. The summed E-state index contributed by atoms with van der Waals surface area (Å²) in [7, 11) is 1.35. The van der Waals surface area contributed by atoms with Gasteiger partial charge in [0.15, 0.2) is 0 Å². The van der Waals surface area contributed by atoms with Gasteiger partial charge in [0.05, 0.1) is 23.8 Å². The highest BCUT2D eigenvalue weighted by atomic mass is 16.7. The number of unbranched alkanes of at least 4 members (excludes halogenated alkanes) is 9. The number of hydrogen-bond donors (Lipinski definition) is 8. The van der Waals surface area contributed by atoms with E-state index in [-0.39, 0.29) is 23.8 Å². The lowest BCUT2D eigenvalue weighted by Crippen LogP contribution is -2.65. The SMILES string of the molecule is CCCCCCCCCCN(C)CCC(=O)N[C@@H](CCCCN)C(=O)N[C@H](C(=O)N[C@@H](C)C(=O)N[C@@H](CCCCN)C(=O)N[C@@H](C)B1O[C@@H]2C[C@@H]3C[C@@H](C3(C)C)[C@]2(C)O1)[C@@H](C)O. The lowest BCUT2D eigenvalue weighted by Gasteiger charge is -2.64. The third kappa shape index (κ3) is 15.7. The van der Waals surface area contributed by atoms with Crippen molar-refractivity contribution >= 4 is 36.7 Å². The molecule has 3 aliphatic carbocycles. The van der Waals surface area contributed by atoms with E-state index >= 15 is 0 Å². The first-order valence-electron chi connectivity index (χ1n) is 24.0. The summed E-state index contributed by atoms with van der Waals surface area (Å²) in [5.74, 6) is -2.30. The molecule has 4 rings (SSSR count). The van der Waals surface area contributed by atoms with Gasteiger partial charge in [0.1, 0.15) is 24.2 Å². The summed E-state index contributed by atoms with van der Waals surface area (Å²) in [5, 5.41) is 24.4. The largest absolute Gasteiger partial charge is 0.481 e. The number of rotatable bonds is 31. The molecule has 0 radical (unpaired) electrons. The maximum Gasteiger partial charge on any atom is 0.481 e. The van der Waals surface area contributed by atoms with Gasteiger partial charge in [-0.1, -0.05) is 65.7 Å². The summed E-state index contributed by atoms with van der Waals surface area (Å²) < 4.78 is 12.9. The Morgan fingerprint density at radius 2 is 1.31 bits per heavy atom. The van der Waals surface area contributed by atoms with E-state index in [9.17, 15) is 29.1 Å². The summed E-state index contributed by atoms with van der Waals surface area (Å²) in [6, 6.07) is -4.45. The highest BCUT2D eigenvalue weighted by Gasteiger charge is 2.68. The molecule has 10 N–H and O–H groups in total. The molecule has 356 valence electrons. The van der Waals surface area contributed by atoms with Crippen molar-refractivity contribution in [3.8, 4) is 0 Å². The monoisotopic (exact) mass is 877 g/mol. The zero-order chi connectivity index (χ0) is 46.0. The molecule has 16 nitrogen and oxygen atoms in total. The van der Waals surface area contributed by atoms with Crippen LogP contribution < -0.4 is 38.1 Å². The average Bonchev–Trinajstić information content (AvgIpc) is 3.59. The predicted molar refractivity (Wildman–Crippen MR) is 243 cm³/mol. The van der Waals surface area contributed by atoms with Crippen LogP contribution in [0.1, 0.15) is 158 Å². The van der Waals surface area contributed by atoms with Crippen LogP contribution in [0.4, 0.5) is 0 Å². The van der Waals surface area contributed by atoms with Crippen molar-refractivity contribution in [1.29, 1.82) is 0 Å². The zero-order valence-electron chi connectivity index (χ0n) is 39.5. The molecule has 0 unspecified atom stereocenters. The van der Waals surface area contributed by atoms with Crippen LogP contribution >= 0.6 is 0 Å². The van der Waals surface area contributed by atoms with Gasteiger partial charge in [-0.15, -0.1) is 0 Å². The van der Waals surface area contributed by atoms with E-state index in [1.165, 1.54) is 52.4 Å². The van der Waals surface area contributed by atoms with Gasteiger partial charge < -0.3 is 57.4 Å². The third-order valence-electron chi connectivity index (χ3n) is 13.9. The van der Waals surface area contributed by atoms with Crippen LogP contribution in [-0.4, -0.2) is 128 Å². The van der Waals surface area contributed by atoms with Gasteiger partial charge in [-0.05, 0) is 129 Å². The van der Waals surface area contributed by atoms with E-state index in [0.29, 0.717) is 70.0 Å². The fourth-order valence-electron chi connectivity index (χ4n) is 9.54. The van der Waals surface area contributed by atoms with Crippen molar-refractivity contribution in [3.05, 3.63) is 0 Å². The second-order valence-corrected chi connectivity index (χ2v) is 19.4. The summed E-state index contributed by atoms with van der Waals surface area (Å²) in [5.41, 5.74) is 11.2. The molecule has 2 bridgehead atoms. The number of carbonyl (C=O) groups excluding carboxylic acids is 5. The number of hydrogen-bond acceptors (Lipinski definition) is 11. The number of aliphatic hydroxyl groups is 1. The molecule has 5 amide bonds. The first-order valence-corrected chi connectivity index (χ1v) is 24.0. The van der Waals surface area contributed by atoms with E-state index in [4.69, 9.17) is 20.8 Å². The van der Waals surface area contributed by atoms with Crippen LogP contribution in [0.5, 0.6) is 0 Å². The maximum absolute atomic E-state index is 13.7. The van der Waals surface area contributed by atoms with Crippen molar-refractivity contribution in [2.75, 3.05) is 33.2 Å². The van der Waals surface area contributed by atoms with Crippen molar-refractivity contribution in [3.63, 3.8) is 0 Å². The minimum absolute atomic E-state index is 0.0458. The Labute approximate surface area is 373 Å². The molecule has 62 heavy (non-hydrogen) atoms. The molecule has 0 aromatic rings. The first kappa shape index (κ1) is 53.5. The van der Waals surface area contributed by atoms with Gasteiger partial charge in [-0.3, -0.25) is 24.0 Å².